The number of carbonyl (C=O) groups excluding carboxylic acids is 2. The third kappa shape index (κ3) is 6.29. The summed E-state index contributed by atoms with van der Waals surface area (Å²) in [5.41, 5.74) is 1.08. The van der Waals surface area contributed by atoms with E-state index in [1.807, 2.05) is 34.1 Å². The number of aryl methyl sites for hydroxylation is 1. The van der Waals surface area contributed by atoms with Crippen LogP contribution in [0.2, 0.25) is 5.02 Å². The molecule has 0 aromatic heterocycles. The highest BCUT2D eigenvalue weighted by Gasteiger charge is 2.23. The molecule has 0 bridgehead atoms. The van der Waals surface area contributed by atoms with Crippen molar-refractivity contribution >= 4 is 23.4 Å². The average Bonchev–Trinajstić information content (AvgIpc) is 2.67. The minimum atomic E-state index is 0.153. The number of hydrogen-bond donors (Lipinski definition) is 0. The number of benzene rings is 1. The molecule has 1 heterocycles. The van der Waals surface area contributed by atoms with Gasteiger partial charge in [-0.2, -0.15) is 0 Å². The van der Waals surface area contributed by atoms with Gasteiger partial charge in [-0.15, -0.1) is 0 Å². The van der Waals surface area contributed by atoms with Gasteiger partial charge < -0.3 is 14.7 Å². The fourth-order valence-corrected chi connectivity index (χ4v) is 3.47. The van der Waals surface area contributed by atoms with Crippen molar-refractivity contribution in [1.29, 1.82) is 0 Å². The van der Waals surface area contributed by atoms with Crippen LogP contribution in [0.4, 0.5) is 0 Å². The van der Waals surface area contributed by atoms with E-state index in [-0.39, 0.29) is 11.8 Å². The van der Waals surface area contributed by atoms with Crippen LogP contribution in [0.15, 0.2) is 24.3 Å². The third-order valence-electron chi connectivity index (χ3n) is 5.04. The molecule has 0 unspecified atom stereocenters. The lowest BCUT2D eigenvalue weighted by Gasteiger charge is -2.35. The van der Waals surface area contributed by atoms with Crippen molar-refractivity contribution in [2.75, 3.05) is 45.8 Å². The Labute approximate surface area is 161 Å². The van der Waals surface area contributed by atoms with Crippen LogP contribution in [0.25, 0.3) is 0 Å². The van der Waals surface area contributed by atoms with E-state index in [4.69, 9.17) is 11.6 Å². The Morgan fingerprint density at radius 3 is 2.12 bits per heavy atom. The summed E-state index contributed by atoms with van der Waals surface area (Å²) in [6, 6.07) is 7.64. The molecule has 0 spiro atoms. The van der Waals surface area contributed by atoms with Gasteiger partial charge in [0.25, 0.3) is 0 Å². The summed E-state index contributed by atoms with van der Waals surface area (Å²) in [6.45, 7) is 9.52. The molecule has 26 heavy (non-hydrogen) atoms. The molecule has 0 saturated carbocycles. The van der Waals surface area contributed by atoms with Gasteiger partial charge in [-0.1, -0.05) is 37.6 Å². The Kier molecular flexibility index (Phi) is 8.39. The summed E-state index contributed by atoms with van der Waals surface area (Å²) in [5.74, 6) is 0.350. The van der Waals surface area contributed by atoms with Gasteiger partial charge in [0.15, 0.2) is 0 Å². The smallest absolute Gasteiger partial charge is 0.223 e. The topological polar surface area (TPSA) is 43.9 Å². The second kappa shape index (κ2) is 10.5. The molecule has 0 aliphatic carbocycles. The fraction of sp³-hybridized carbons (Fsp3) is 0.600. The molecule has 1 saturated heterocycles. The molecule has 0 N–H and O–H groups in total. The molecule has 0 radical (unpaired) electrons. The third-order valence-corrected chi connectivity index (χ3v) is 5.27. The highest BCUT2D eigenvalue weighted by molar-refractivity contribution is 6.30. The molecule has 1 fully saturated rings. The summed E-state index contributed by atoms with van der Waals surface area (Å²) in [5, 5.41) is 0.701. The highest BCUT2D eigenvalue weighted by atomic mass is 35.5. The number of amides is 2. The van der Waals surface area contributed by atoms with Gasteiger partial charge in [-0.25, -0.2) is 0 Å². The first-order valence-corrected chi connectivity index (χ1v) is 9.93. The van der Waals surface area contributed by atoms with Crippen molar-refractivity contribution in [3.05, 3.63) is 34.9 Å². The van der Waals surface area contributed by atoms with Crippen LogP contribution in [-0.4, -0.2) is 72.3 Å². The van der Waals surface area contributed by atoms with Crippen LogP contribution in [0.3, 0.4) is 0 Å². The van der Waals surface area contributed by atoms with E-state index in [2.05, 4.69) is 18.7 Å². The number of nitrogens with zero attached hydrogens (tertiary/aromatic N) is 3. The van der Waals surface area contributed by atoms with Crippen LogP contribution < -0.4 is 0 Å². The predicted octanol–water partition coefficient (Wildman–Crippen LogP) is 2.68. The molecule has 2 amide bonds. The number of halogens is 1. The van der Waals surface area contributed by atoms with Crippen LogP contribution in [0.1, 0.15) is 32.3 Å². The lowest BCUT2D eigenvalue weighted by Crippen LogP contribution is -2.51. The maximum atomic E-state index is 12.4. The largest absolute Gasteiger partial charge is 0.339 e. The van der Waals surface area contributed by atoms with Gasteiger partial charge in [0.1, 0.15) is 0 Å². The van der Waals surface area contributed by atoms with Crippen molar-refractivity contribution in [1.82, 2.24) is 14.7 Å². The highest BCUT2D eigenvalue weighted by Crippen LogP contribution is 2.13. The fourth-order valence-electron chi connectivity index (χ4n) is 3.26. The van der Waals surface area contributed by atoms with Crippen LogP contribution in [0, 0.1) is 0 Å². The van der Waals surface area contributed by atoms with Gasteiger partial charge in [0.05, 0.1) is 0 Å². The zero-order chi connectivity index (χ0) is 18.9. The quantitative estimate of drug-likeness (QED) is 0.697. The molecule has 6 heteroatoms. The Bertz CT molecular complexity index is 596. The van der Waals surface area contributed by atoms with Gasteiger partial charge in [0.2, 0.25) is 11.8 Å². The van der Waals surface area contributed by atoms with E-state index in [1.54, 1.807) is 0 Å². The van der Waals surface area contributed by atoms with E-state index in [9.17, 15) is 9.59 Å². The first kappa shape index (κ1) is 20.7. The zero-order valence-corrected chi connectivity index (χ0v) is 16.7. The summed E-state index contributed by atoms with van der Waals surface area (Å²) in [6.07, 6.45) is 1.74. The molecule has 1 aliphatic rings. The molecule has 1 aromatic carbocycles. The zero-order valence-electron chi connectivity index (χ0n) is 15.9. The molecule has 1 aliphatic heterocycles. The van der Waals surface area contributed by atoms with E-state index < -0.39 is 0 Å². The van der Waals surface area contributed by atoms with Crippen LogP contribution in [0.5, 0.6) is 0 Å². The number of carbonyl (C=O) groups is 2. The molecule has 0 atom stereocenters. The first-order valence-electron chi connectivity index (χ1n) is 9.55. The Hall–Kier alpha value is -1.59. The maximum absolute atomic E-state index is 12.4. The monoisotopic (exact) mass is 379 g/mol. The normalized spacial score (nSPS) is 14.8. The standard InChI is InChI=1S/C20H30ClN3O2/c1-3-22(4-2)11-10-20(26)24-14-12-23(13-15-24)19(25)9-8-17-6-5-7-18(21)16-17/h5-7,16H,3-4,8-15H2,1-2H3. The van der Waals surface area contributed by atoms with Crippen LogP contribution in [-0.2, 0) is 16.0 Å². The van der Waals surface area contributed by atoms with Gasteiger partial charge in [-0.3, -0.25) is 9.59 Å². The van der Waals surface area contributed by atoms with Crippen molar-refractivity contribution in [2.24, 2.45) is 0 Å². The van der Waals surface area contributed by atoms with E-state index in [1.165, 1.54) is 0 Å². The lowest BCUT2D eigenvalue weighted by atomic mass is 10.1. The predicted molar refractivity (Wildman–Crippen MR) is 105 cm³/mol. The Morgan fingerprint density at radius 1 is 1.00 bits per heavy atom. The molecular weight excluding hydrogens is 350 g/mol. The first-order chi connectivity index (χ1) is 12.5. The van der Waals surface area contributed by atoms with Crippen LogP contribution >= 0.6 is 11.6 Å². The van der Waals surface area contributed by atoms with Gasteiger partial charge in [0, 0.05) is 50.6 Å². The maximum Gasteiger partial charge on any atom is 0.223 e. The summed E-state index contributed by atoms with van der Waals surface area (Å²) in [4.78, 5) is 30.8. The minimum absolute atomic E-state index is 0.153. The number of piperazine rings is 1. The second-order valence-corrected chi connectivity index (χ2v) is 7.10. The molecule has 2 rings (SSSR count). The number of hydrogen-bond acceptors (Lipinski definition) is 3. The summed E-state index contributed by atoms with van der Waals surface area (Å²) in [7, 11) is 0. The van der Waals surface area contributed by atoms with Gasteiger partial charge in [-0.05, 0) is 37.2 Å². The van der Waals surface area contributed by atoms with Crippen molar-refractivity contribution in [3.8, 4) is 0 Å². The molecule has 144 valence electrons. The number of rotatable bonds is 8. The van der Waals surface area contributed by atoms with E-state index in [0.717, 1.165) is 25.2 Å². The van der Waals surface area contributed by atoms with E-state index in [0.29, 0.717) is 50.5 Å². The Morgan fingerprint density at radius 2 is 1.58 bits per heavy atom. The van der Waals surface area contributed by atoms with Crippen molar-refractivity contribution in [2.45, 2.75) is 33.1 Å². The Balaban J connectivity index is 1.71. The summed E-state index contributed by atoms with van der Waals surface area (Å²) < 4.78 is 0. The molecule has 1 aromatic rings. The molecular formula is C20H30ClN3O2. The molecule has 5 nitrogen and oxygen atoms in total. The van der Waals surface area contributed by atoms with Crippen molar-refractivity contribution < 1.29 is 9.59 Å². The summed E-state index contributed by atoms with van der Waals surface area (Å²) >= 11 is 5.98. The van der Waals surface area contributed by atoms with Gasteiger partial charge >= 0.3 is 0 Å². The average molecular weight is 380 g/mol. The SMILES string of the molecule is CCN(CC)CCC(=O)N1CCN(C(=O)CCc2cccc(Cl)c2)CC1. The van der Waals surface area contributed by atoms with Crippen molar-refractivity contribution in [3.63, 3.8) is 0 Å². The minimum Gasteiger partial charge on any atom is -0.339 e. The lowest BCUT2D eigenvalue weighted by molar-refractivity contribution is -0.139. The van der Waals surface area contributed by atoms with E-state index >= 15 is 0 Å². The second-order valence-electron chi connectivity index (χ2n) is 6.67.